The second kappa shape index (κ2) is 3.46. The van der Waals surface area contributed by atoms with E-state index in [4.69, 9.17) is 16.6 Å². The van der Waals surface area contributed by atoms with Crippen molar-refractivity contribution in [3.05, 3.63) is 11.1 Å². The summed E-state index contributed by atoms with van der Waals surface area (Å²) < 4.78 is 0. The Bertz CT molecular complexity index is 313. The van der Waals surface area contributed by atoms with Crippen LogP contribution in [0.5, 0.6) is 0 Å². The molecule has 2 bridgehead atoms. The number of hydrogen-bond donors (Lipinski definition) is 0. The molecular weight excluding hydrogens is 216 g/mol. The van der Waals surface area contributed by atoms with E-state index in [1.54, 1.807) is 11.8 Å². The van der Waals surface area contributed by atoms with Crippen LogP contribution >= 0.6 is 23.4 Å². The number of amidine groups is 1. The van der Waals surface area contributed by atoms with Crippen molar-refractivity contribution in [2.45, 2.75) is 37.8 Å². The van der Waals surface area contributed by atoms with E-state index in [0.29, 0.717) is 18.0 Å². The molecule has 2 aliphatic heterocycles. The summed E-state index contributed by atoms with van der Waals surface area (Å²) in [4.78, 5) is 7.13. The molecule has 0 spiro atoms. The predicted octanol–water partition coefficient (Wildman–Crippen LogP) is 2.80. The van der Waals surface area contributed by atoms with Crippen LogP contribution in [0.4, 0.5) is 0 Å². The highest BCUT2D eigenvalue weighted by Gasteiger charge is 2.37. The molecule has 14 heavy (non-hydrogen) atoms. The van der Waals surface area contributed by atoms with E-state index in [2.05, 4.69) is 10.3 Å². The molecule has 0 saturated heterocycles. The molecule has 0 radical (unpaired) electrons. The Hall–Kier alpha value is -0.150. The molecule has 1 unspecified atom stereocenters. The van der Waals surface area contributed by atoms with Crippen LogP contribution in [0.15, 0.2) is 16.1 Å². The van der Waals surface area contributed by atoms with Gasteiger partial charge in [-0.15, -0.1) is 11.6 Å². The van der Waals surface area contributed by atoms with Crippen molar-refractivity contribution < 1.29 is 0 Å². The number of halogens is 1. The van der Waals surface area contributed by atoms with Crippen LogP contribution in [0.3, 0.4) is 0 Å². The molecule has 1 aliphatic carbocycles. The Morgan fingerprint density at radius 1 is 1.57 bits per heavy atom. The van der Waals surface area contributed by atoms with Crippen molar-refractivity contribution in [3.8, 4) is 0 Å². The molecule has 3 rings (SSSR count). The van der Waals surface area contributed by atoms with Gasteiger partial charge in [-0.3, -0.25) is 4.99 Å². The first-order valence-corrected chi connectivity index (χ1v) is 6.58. The van der Waals surface area contributed by atoms with Gasteiger partial charge in [0.1, 0.15) is 0 Å². The maximum atomic E-state index is 5.93. The summed E-state index contributed by atoms with van der Waals surface area (Å²) in [6, 6.07) is 1.27. The minimum atomic E-state index is 0.593. The number of alkyl halides is 1. The van der Waals surface area contributed by atoms with E-state index in [0.717, 1.165) is 0 Å². The van der Waals surface area contributed by atoms with Gasteiger partial charge in [0, 0.05) is 11.7 Å². The Morgan fingerprint density at radius 3 is 3.36 bits per heavy atom. The lowest BCUT2D eigenvalue weighted by atomic mass is 9.89. The summed E-state index contributed by atoms with van der Waals surface area (Å²) in [7, 11) is 0. The van der Waals surface area contributed by atoms with Gasteiger partial charge in [0.05, 0.1) is 11.9 Å². The van der Waals surface area contributed by atoms with Crippen LogP contribution in [0, 0.1) is 0 Å². The normalized spacial score (nSPS) is 35.1. The smallest absolute Gasteiger partial charge is 0.168 e. The molecular formula is C10H13ClN2S. The SMILES string of the molecule is ClCC1=CSC2=N[C@@H]3CCCC(C3)N12. The first-order chi connectivity index (χ1) is 6.88. The van der Waals surface area contributed by atoms with Crippen LogP contribution in [0.1, 0.15) is 25.7 Å². The second-order valence-electron chi connectivity index (χ2n) is 4.12. The third-order valence-electron chi connectivity index (χ3n) is 3.23. The topological polar surface area (TPSA) is 15.6 Å². The monoisotopic (exact) mass is 228 g/mol. The minimum Gasteiger partial charge on any atom is -0.320 e. The second-order valence-corrected chi connectivity index (χ2v) is 5.22. The highest BCUT2D eigenvalue weighted by molar-refractivity contribution is 8.16. The largest absolute Gasteiger partial charge is 0.320 e. The molecule has 2 nitrogen and oxygen atoms in total. The summed E-state index contributed by atoms with van der Waals surface area (Å²) in [6.45, 7) is 0. The molecule has 76 valence electrons. The average Bonchev–Trinajstić information content (AvgIpc) is 2.61. The quantitative estimate of drug-likeness (QED) is 0.642. The zero-order chi connectivity index (χ0) is 9.54. The Kier molecular flexibility index (Phi) is 2.25. The molecule has 1 fully saturated rings. The number of rotatable bonds is 1. The lowest BCUT2D eigenvalue weighted by Gasteiger charge is -2.40. The number of aliphatic imine (C=N–C) groups is 1. The highest BCUT2D eigenvalue weighted by atomic mass is 35.5. The van der Waals surface area contributed by atoms with Gasteiger partial charge in [-0.25, -0.2) is 0 Å². The zero-order valence-corrected chi connectivity index (χ0v) is 9.52. The molecule has 0 N–H and O–H groups in total. The van der Waals surface area contributed by atoms with E-state index < -0.39 is 0 Å². The first kappa shape index (κ1) is 9.10. The molecule has 3 aliphatic rings. The van der Waals surface area contributed by atoms with E-state index in [1.807, 2.05) is 0 Å². The number of fused-ring (bicyclic) bond motifs is 4. The fourth-order valence-corrected chi connectivity index (χ4v) is 3.91. The molecule has 0 aromatic heterocycles. The molecule has 0 amide bonds. The maximum Gasteiger partial charge on any atom is 0.168 e. The Balaban J connectivity index is 1.94. The number of thioether (sulfide) groups is 1. The minimum absolute atomic E-state index is 0.593. The number of nitrogens with zero attached hydrogens (tertiary/aromatic N) is 2. The predicted molar refractivity (Wildman–Crippen MR) is 61.7 cm³/mol. The van der Waals surface area contributed by atoms with Crippen molar-refractivity contribution in [1.29, 1.82) is 0 Å². The van der Waals surface area contributed by atoms with Crippen LogP contribution < -0.4 is 0 Å². The van der Waals surface area contributed by atoms with E-state index in [1.165, 1.54) is 36.5 Å². The molecule has 4 heteroatoms. The van der Waals surface area contributed by atoms with Gasteiger partial charge in [-0.05, 0) is 31.1 Å². The standard InChI is InChI=1S/C10H13ClN2S/c11-5-9-6-14-10-12-7-2-1-3-8(4-7)13(9)10/h6-8H,1-5H2/t7-,8?/m1/s1. The lowest BCUT2D eigenvalue weighted by molar-refractivity contribution is 0.248. The Morgan fingerprint density at radius 2 is 2.50 bits per heavy atom. The van der Waals surface area contributed by atoms with Gasteiger partial charge in [-0.1, -0.05) is 11.8 Å². The van der Waals surface area contributed by atoms with E-state index in [9.17, 15) is 0 Å². The third kappa shape index (κ3) is 1.29. The third-order valence-corrected chi connectivity index (χ3v) is 4.41. The van der Waals surface area contributed by atoms with Gasteiger partial charge in [0.2, 0.25) is 0 Å². The number of hydrogen-bond acceptors (Lipinski definition) is 3. The molecule has 2 heterocycles. The summed E-state index contributed by atoms with van der Waals surface area (Å²) >= 11 is 7.67. The first-order valence-electron chi connectivity index (χ1n) is 5.17. The molecule has 2 atom stereocenters. The fraction of sp³-hybridized carbons (Fsp3) is 0.700. The van der Waals surface area contributed by atoms with Crippen LogP contribution in [0.25, 0.3) is 0 Å². The van der Waals surface area contributed by atoms with Crippen LogP contribution in [-0.2, 0) is 0 Å². The van der Waals surface area contributed by atoms with E-state index >= 15 is 0 Å². The van der Waals surface area contributed by atoms with E-state index in [-0.39, 0.29) is 0 Å². The van der Waals surface area contributed by atoms with Crippen LogP contribution in [0.2, 0.25) is 0 Å². The molecule has 1 saturated carbocycles. The summed E-state index contributed by atoms with van der Waals surface area (Å²) in [5.41, 5.74) is 1.25. The summed E-state index contributed by atoms with van der Waals surface area (Å²) in [5, 5.41) is 3.36. The Labute approximate surface area is 93.4 Å². The van der Waals surface area contributed by atoms with Crippen LogP contribution in [-0.4, -0.2) is 28.0 Å². The van der Waals surface area contributed by atoms with Gasteiger partial charge in [0.25, 0.3) is 0 Å². The lowest BCUT2D eigenvalue weighted by Crippen LogP contribution is -2.44. The fourth-order valence-electron chi connectivity index (χ4n) is 2.58. The van der Waals surface area contributed by atoms with Crippen molar-refractivity contribution in [2.75, 3.05) is 5.88 Å². The van der Waals surface area contributed by atoms with Crippen molar-refractivity contribution in [3.63, 3.8) is 0 Å². The zero-order valence-electron chi connectivity index (χ0n) is 7.95. The van der Waals surface area contributed by atoms with Gasteiger partial charge in [-0.2, -0.15) is 0 Å². The molecule has 0 aromatic carbocycles. The highest BCUT2D eigenvalue weighted by Crippen LogP contribution is 2.39. The van der Waals surface area contributed by atoms with Gasteiger partial charge in [0.15, 0.2) is 5.17 Å². The van der Waals surface area contributed by atoms with Crippen molar-refractivity contribution in [2.24, 2.45) is 4.99 Å². The number of allylic oxidation sites excluding steroid dienone is 1. The van der Waals surface area contributed by atoms with Crippen molar-refractivity contribution >= 4 is 28.5 Å². The summed E-state index contributed by atoms with van der Waals surface area (Å²) in [6.07, 6.45) is 5.15. The summed E-state index contributed by atoms with van der Waals surface area (Å²) in [5.74, 6) is 0.618. The van der Waals surface area contributed by atoms with Crippen molar-refractivity contribution in [1.82, 2.24) is 4.90 Å². The van der Waals surface area contributed by atoms with Gasteiger partial charge < -0.3 is 4.90 Å². The maximum absolute atomic E-state index is 5.93. The van der Waals surface area contributed by atoms with Gasteiger partial charge >= 0.3 is 0 Å². The average molecular weight is 229 g/mol. The molecule has 0 aromatic rings.